The van der Waals surface area contributed by atoms with E-state index in [-0.39, 0.29) is 12.2 Å². The summed E-state index contributed by atoms with van der Waals surface area (Å²) in [6.45, 7) is 1.66. The molecule has 4 nitrogen and oxygen atoms in total. The Labute approximate surface area is 147 Å². The average molecular weight is 373 g/mol. The summed E-state index contributed by atoms with van der Waals surface area (Å²) >= 11 is 6.01. The van der Waals surface area contributed by atoms with E-state index in [2.05, 4.69) is 10.6 Å². The maximum atomic E-state index is 12.7. The fourth-order valence-corrected chi connectivity index (χ4v) is 2.28. The number of anilines is 2. The van der Waals surface area contributed by atoms with Gasteiger partial charge in [-0.2, -0.15) is 13.2 Å². The number of nitrogens with one attached hydrogen (secondary N) is 2. The van der Waals surface area contributed by atoms with Crippen LogP contribution in [0.15, 0.2) is 36.4 Å². The summed E-state index contributed by atoms with van der Waals surface area (Å²) < 4.78 is 43.2. The highest BCUT2D eigenvalue weighted by molar-refractivity contribution is 6.31. The number of hydrogen-bond acceptors (Lipinski definition) is 3. The number of benzene rings is 2. The van der Waals surface area contributed by atoms with E-state index in [4.69, 9.17) is 16.3 Å². The quantitative estimate of drug-likeness (QED) is 0.798. The molecule has 0 spiro atoms. The van der Waals surface area contributed by atoms with Crippen LogP contribution in [0, 0.1) is 6.92 Å². The lowest BCUT2D eigenvalue weighted by Crippen LogP contribution is -2.22. The molecule has 25 heavy (non-hydrogen) atoms. The Kier molecular flexibility index (Phi) is 5.79. The molecular weight excluding hydrogens is 357 g/mol. The van der Waals surface area contributed by atoms with Crippen molar-refractivity contribution in [2.45, 2.75) is 13.1 Å². The molecule has 0 radical (unpaired) electrons. The summed E-state index contributed by atoms with van der Waals surface area (Å²) in [6.07, 6.45) is -4.47. The van der Waals surface area contributed by atoms with E-state index in [1.807, 2.05) is 0 Å². The minimum Gasteiger partial charge on any atom is -0.495 e. The number of ether oxygens (including phenoxy) is 1. The minimum atomic E-state index is -4.47. The second-order valence-electron chi connectivity index (χ2n) is 5.28. The van der Waals surface area contributed by atoms with Crippen molar-refractivity contribution >= 4 is 28.9 Å². The third-order valence-corrected chi connectivity index (χ3v) is 3.80. The molecule has 134 valence electrons. The van der Waals surface area contributed by atoms with Gasteiger partial charge in [0.2, 0.25) is 5.91 Å². The van der Waals surface area contributed by atoms with Gasteiger partial charge < -0.3 is 15.4 Å². The Morgan fingerprint density at radius 3 is 2.60 bits per heavy atom. The number of hydrogen-bond donors (Lipinski definition) is 2. The van der Waals surface area contributed by atoms with Crippen molar-refractivity contribution < 1.29 is 22.7 Å². The van der Waals surface area contributed by atoms with Gasteiger partial charge in [-0.05, 0) is 36.8 Å². The van der Waals surface area contributed by atoms with Crippen LogP contribution in [0.2, 0.25) is 5.02 Å². The molecule has 0 aliphatic rings. The zero-order valence-electron chi connectivity index (χ0n) is 13.5. The van der Waals surface area contributed by atoms with Crippen LogP contribution < -0.4 is 15.4 Å². The van der Waals surface area contributed by atoms with E-state index in [0.717, 1.165) is 17.7 Å². The Bertz CT molecular complexity index is 779. The molecule has 8 heteroatoms. The Hall–Kier alpha value is -2.41. The summed E-state index contributed by atoms with van der Waals surface area (Å²) in [7, 11) is 1.47. The first kappa shape index (κ1) is 18.9. The molecule has 0 aliphatic heterocycles. The third-order valence-electron chi connectivity index (χ3n) is 3.39. The van der Waals surface area contributed by atoms with Gasteiger partial charge >= 0.3 is 6.18 Å². The number of aryl methyl sites for hydroxylation is 1. The summed E-state index contributed by atoms with van der Waals surface area (Å²) in [6, 6.07) is 7.78. The van der Waals surface area contributed by atoms with Gasteiger partial charge in [0.15, 0.2) is 0 Å². The molecule has 0 bridgehead atoms. The predicted octanol–water partition coefficient (Wildman–Crippen LogP) is 4.73. The fourth-order valence-electron chi connectivity index (χ4n) is 2.12. The maximum absolute atomic E-state index is 12.7. The van der Waals surface area contributed by atoms with Gasteiger partial charge in [-0.1, -0.05) is 17.7 Å². The molecule has 0 saturated heterocycles. The maximum Gasteiger partial charge on any atom is 0.416 e. The number of amides is 1. The SMILES string of the molecule is COc1cc(Cl)c(C)cc1NCC(=O)Nc1cccc(C(F)(F)F)c1. The van der Waals surface area contributed by atoms with Crippen molar-refractivity contribution in [3.8, 4) is 5.75 Å². The summed E-state index contributed by atoms with van der Waals surface area (Å²) in [4.78, 5) is 12.0. The zero-order valence-corrected chi connectivity index (χ0v) is 14.3. The lowest BCUT2D eigenvalue weighted by molar-refractivity contribution is -0.137. The normalized spacial score (nSPS) is 11.1. The topological polar surface area (TPSA) is 50.4 Å². The summed E-state index contributed by atoms with van der Waals surface area (Å²) in [5.74, 6) is -0.0311. The first-order valence-corrected chi connectivity index (χ1v) is 7.63. The Morgan fingerprint density at radius 2 is 1.96 bits per heavy atom. The Balaban J connectivity index is 2.03. The predicted molar refractivity (Wildman–Crippen MR) is 91.3 cm³/mol. The lowest BCUT2D eigenvalue weighted by atomic mass is 10.2. The van der Waals surface area contributed by atoms with E-state index < -0.39 is 17.6 Å². The number of halogens is 4. The van der Waals surface area contributed by atoms with Crippen molar-refractivity contribution in [3.63, 3.8) is 0 Å². The second-order valence-corrected chi connectivity index (χ2v) is 5.69. The molecule has 0 aromatic heterocycles. The molecule has 0 unspecified atom stereocenters. The standard InChI is InChI=1S/C17H16ClF3N2O2/c1-10-6-14(15(25-2)8-13(10)18)22-9-16(24)23-12-5-3-4-11(7-12)17(19,20)21/h3-8,22H,9H2,1-2H3,(H,23,24). The number of carbonyl (C=O) groups is 1. The molecule has 2 N–H and O–H groups in total. The average Bonchev–Trinajstić information content (AvgIpc) is 2.55. The van der Waals surface area contributed by atoms with Gasteiger partial charge in [-0.25, -0.2) is 0 Å². The van der Waals surface area contributed by atoms with Crippen LogP contribution in [0.5, 0.6) is 5.75 Å². The van der Waals surface area contributed by atoms with Gasteiger partial charge in [0.25, 0.3) is 0 Å². The van der Waals surface area contributed by atoms with E-state index in [1.54, 1.807) is 19.1 Å². The van der Waals surface area contributed by atoms with Crippen LogP contribution >= 0.6 is 11.6 Å². The van der Waals surface area contributed by atoms with Crippen LogP contribution in [-0.4, -0.2) is 19.6 Å². The molecule has 2 aromatic carbocycles. The minimum absolute atomic E-state index is 0.0703. The van der Waals surface area contributed by atoms with Crippen LogP contribution in [-0.2, 0) is 11.0 Å². The summed E-state index contributed by atoms with van der Waals surface area (Å²) in [5, 5.41) is 5.82. The summed E-state index contributed by atoms with van der Waals surface area (Å²) in [5.41, 5.74) is 0.598. The highest BCUT2D eigenvalue weighted by Gasteiger charge is 2.30. The van der Waals surface area contributed by atoms with Gasteiger partial charge in [0.05, 0.1) is 24.9 Å². The van der Waals surface area contributed by atoms with Gasteiger partial charge in [-0.3, -0.25) is 4.79 Å². The second kappa shape index (κ2) is 7.65. The fraction of sp³-hybridized carbons (Fsp3) is 0.235. The van der Waals surface area contributed by atoms with Crippen LogP contribution in [0.4, 0.5) is 24.5 Å². The highest BCUT2D eigenvalue weighted by Crippen LogP contribution is 2.31. The first-order valence-electron chi connectivity index (χ1n) is 7.26. The molecule has 0 fully saturated rings. The van der Waals surface area contributed by atoms with Gasteiger partial charge in [-0.15, -0.1) is 0 Å². The number of rotatable bonds is 5. The van der Waals surface area contributed by atoms with Crippen molar-refractivity contribution in [2.75, 3.05) is 24.3 Å². The zero-order chi connectivity index (χ0) is 18.6. The van der Waals surface area contributed by atoms with E-state index >= 15 is 0 Å². The van der Waals surface area contributed by atoms with Crippen molar-refractivity contribution in [1.29, 1.82) is 0 Å². The highest BCUT2D eigenvalue weighted by atomic mass is 35.5. The monoisotopic (exact) mass is 372 g/mol. The van der Waals surface area contributed by atoms with Crippen molar-refractivity contribution in [1.82, 2.24) is 0 Å². The van der Waals surface area contributed by atoms with E-state index in [0.29, 0.717) is 16.5 Å². The number of methoxy groups -OCH3 is 1. The molecule has 2 aromatic rings. The first-order chi connectivity index (χ1) is 11.7. The smallest absolute Gasteiger partial charge is 0.416 e. The lowest BCUT2D eigenvalue weighted by Gasteiger charge is -2.14. The van der Waals surface area contributed by atoms with E-state index in [9.17, 15) is 18.0 Å². The molecule has 2 rings (SSSR count). The van der Waals surface area contributed by atoms with Gasteiger partial charge in [0.1, 0.15) is 5.75 Å². The largest absolute Gasteiger partial charge is 0.495 e. The van der Waals surface area contributed by atoms with Crippen molar-refractivity contribution in [3.05, 3.63) is 52.5 Å². The van der Waals surface area contributed by atoms with Crippen molar-refractivity contribution in [2.24, 2.45) is 0 Å². The van der Waals surface area contributed by atoms with Crippen LogP contribution in [0.25, 0.3) is 0 Å². The molecule has 0 heterocycles. The number of carbonyl (C=O) groups excluding carboxylic acids is 1. The Morgan fingerprint density at radius 1 is 1.24 bits per heavy atom. The van der Waals surface area contributed by atoms with Crippen LogP contribution in [0.3, 0.4) is 0 Å². The molecule has 0 saturated carbocycles. The molecule has 0 aliphatic carbocycles. The van der Waals surface area contributed by atoms with Crippen LogP contribution in [0.1, 0.15) is 11.1 Å². The molecule has 1 amide bonds. The third kappa shape index (κ3) is 5.03. The molecular formula is C17H16ClF3N2O2. The van der Waals surface area contributed by atoms with Gasteiger partial charge in [0, 0.05) is 16.8 Å². The number of alkyl halides is 3. The molecule has 0 atom stereocenters. The van der Waals surface area contributed by atoms with E-state index in [1.165, 1.54) is 19.2 Å².